The van der Waals surface area contributed by atoms with E-state index in [0.717, 1.165) is 31.6 Å². The average Bonchev–Trinajstić information content (AvgIpc) is 2.60. The fourth-order valence-electron chi connectivity index (χ4n) is 3.12. The summed E-state index contributed by atoms with van der Waals surface area (Å²) in [6.07, 6.45) is 3.35. The Labute approximate surface area is 139 Å². The number of rotatable bonds is 7. The van der Waals surface area contributed by atoms with Gasteiger partial charge in [0.15, 0.2) is 0 Å². The Balaban J connectivity index is 1.86. The largest absolute Gasteiger partial charge is 0.445 e. The van der Waals surface area contributed by atoms with Crippen molar-refractivity contribution < 1.29 is 9.53 Å². The lowest BCUT2D eigenvalue weighted by Crippen LogP contribution is -2.49. The number of carbonyl (C=O) groups is 1. The molecule has 1 aromatic rings. The Kier molecular flexibility index (Phi) is 7.36. The van der Waals surface area contributed by atoms with Crippen LogP contribution in [0.4, 0.5) is 4.79 Å². The summed E-state index contributed by atoms with van der Waals surface area (Å²) in [6.45, 7) is 6.37. The lowest BCUT2D eigenvalue weighted by Gasteiger charge is -2.38. The summed E-state index contributed by atoms with van der Waals surface area (Å²) in [4.78, 5) is 16.6. The molecule has 0 saturated carbocycles. The first-order valence-electron chi connectivity index (χ1n) is 8.64. The van der Waals surface area contributed by atoms with Gasteiger partial charge in [-0.05, 0) is 31.9 Å². The number of nitrogens with two attached hydrogens (primary N) is 1. The van der Waals surface area contributed by atoms with Gasteiger partial charge in [0.1, 0.15) is 6.61 Å². The second-order valence-corrected chi connectivity index (χ2v) is 6.05. The molecule has 1 fully saturated rings. The predicted molar refractivity (Wildman–Crippen MR) is 92.1 cm³/mol. The van der Waals surface area contributed by atoms with Crippen molar-refractivity contribution in [1.82, 2.24) is 9.80 Å². The Bertz CT molecular complexity index is 465. The zero-order valence-corrected chi connectivity index (χ0v) is 14.1. The minimum Gasteiger partial charge on any atom is -0.445 e. The van der Waals surface area contributed by atoms with E-state index in [0.29, 0.717) is 25.7 Å². The summed E-state index contributed by atoms with van der Waals surface area (Å²) < 4.78 is 5.46. The standard InChI is InChI=1S/C18H29N3O2/c1-2-20(14-17-10-6-7-12-21(17)13-11-19)18(22)23-15-16-8-4-3-5-9-16/h3-5,8-9,17H,2,6-7,10-15,19H2,1H3/t17-/m0/s1. The van der Waals surface area contributed by atoms with Gasteiger partial charge in [-0.1, -0.05) is 36.8 Å². The van der Waals surface area contributed by atoms with Crippen molar-refractivity contribution in [3.05, 3.63) is 35.9 Å². The van der Waals surface area contributed by atoms with Crippen LogP contribution in [0.5, 0.6) is 0 Å². The van der Waals surface area contributed by atoms with Gasteiger partial charge in [0.2, 0.25) is 0 Å². The van der Waals surface area contributed by atoms with Crippen molar-refractivity contribution in [2.24, 2.45) is 5.73 Å². The highest BCUT2D eigenvalue weighted by Gasteiger charge is 2.26. The van der Waals surface area contributed by atoms with Crippen molar-refractivity contribution in [3.8, 4) is 0 Å². The minimum atomic E-state index is -0.227. The van der Waals surface area contributed by atoms with Crippen LogP contribution < -0.4 is 5.73 Å². The second kappa shape index (κ2) is 9.53. The Morgan fingerprint density at radius 2 is 2.13 bits per heavy atom. The van der Waals surface area contributed by atoms with E-state index in [2.05, 4.69) is 4.90 Å². The zero-order chi connectivity index (χ0) is 16.5. The number of likely N-dealkylation sites (tertiary alicyclic amines) is 1. The van der Waals surface area contributed by atoms with E-state index in [4.69, 9.17) is 10.5 Å². The Hall–Kier alpha value is -1.59. The number of piperidine rings is 1. The number of amides is 1. The van der Waals surface area contributed by atoms with Crippen LogP contribution in [-0.4, -0.2) is 54.7 Å². The van der Waals surface area contributed by atoms with Crippen LogP contribution in [0.15, 0.2) is 30.3 Å². The topological polar surface area (TPSA) is 58.8 Å². The van der Waals surface area contributed by atoms with Crippen LogP contribution in [0.25, 0.3) is 0 Å². The monoisotopic (exact) mass is 319 g/mol. The highest BCUT2D eigenvalue weighted by atomic mass is 16.6. The van der Waals surface area contributed by atoms with Gasteiger partial charge in [0.05, 0.1) is 0 Å². The number of likely N-dealkylation sites (N-methyl/N-ethyl adjacent to an activating group) is 1. The first-order valence-corrected chi connectivity index (χ1v) is 8.64. The number of benzene rings is 1. The number of hydrogen-bond donors (Lipinski definition) is 1. The first-order chi connectivity index (χ1) is 11.2. The van der Waals surface area contributed by atoms with Crippen LogP contribution in [0, 0.1) is 0 Å². The van der Waals surface area contributed by atoms with Crippen LogP contribution in [0.2, 0.25) is 0 Å². The van der Waals surface area contributed by atoms with E-state index in [1.54, 1.807) is 0 Å². The van der Waals surface area contributed by atoms with Crippen molar-refractivity contribution in [1.29, 1.82) is 0 Å². The molecule has 2 N–H and O–H groups in total. The highest BCUT2D eigenvalue weighted by molar-refractivity contribution is 5.67. The SMILES string of the molecule is CCN(C[C@@H]1CCCCN1CCN)C(=O)OCc1ccccc1. The quantitative estimate of drug-likeness (QED) is 0.839. The molecule has 5 nitrogen and oxygen atoms in total. The molecule has 5 heteroatoms. The molecule has 2 rings (SSSR count). The lowest BCUT2D eigenvalue weighted by atomic mass is 10.0. The molecular formula is C18H29N3O2. The summed E-state index contributed by atoms with van der Waals surface area (Å²) >= 11 is 0. The fraction of sp³-hybridized carbons (Fsp3) is 0.611. The second-order valence-electron chi connectivity index (χ2n) is 6.05. The molecule has 23 heavy (non-hydrogen) atoms. The van der Waals surface area contributed by atoms with Gasteiger partial charge in [0.25, 0.3) is 0 Å². The van der Waals surface area contributed by atoms with Crippen LogP contribution in [0.1, 0.15) is 31.7 Å². The first kappa shape index (κ1) is 17.8. The zero-order valence-electron chi connectivity index (χ0n) is 14.1. The smallest absolute Gasteiger partial charge is 0.410 e. The molecule has 128 valence electrons. The van der Waals surface area contributed by atoms with Crippen molar-refractivity contribution in [3.63, 3.8) is 0 Å². The third-order valence-corrected chi connectivity index (χ3v) is 4.44. The van der Waals surface area contributed by atoms with Gasteiger partial charge in [0, 0.05) is 32.2 Å². The van der Waals surface area contributed by atoms with Gasteiger partial charge < -0.3 is 15.4 Å². The van der Waals surface area contributed by atoms with E-state index in [9.17, 15) is 4.79 Å². The van der Waals surface area contributed by atoms with Crippen LogP contribution >= 0.6 is 0 Å². The molecule has 0 aromatic heterocycles. The number of hydrogen-bond acceptors (Lipinski definition) is 4. The molecule has 0 unspecified atom stereocenters. The van der Waals surface area contributed by atoms with Gasteiger partial charge in [-0.25, -0.2) is 4.79 Å². The van der Waals surface area contributed by atoms with E-state index >= 15 is 0 Å². The van der Waals surface area contributed by atoms with Crippen LogP contribution in [-0.2, 0) is 11.3 Å². The molecule has 1 aliphatic heterocycles. The predicted octanol–water partition coefficient (Wildman–Crippen LogP) is 2.46. The molecule has 1 amide bonds. The third-order valence-electron chi connectivity index (χ3n) is 4.44. The fourth-order valence-corrected chi connectivity index (χ4v) is 3.12. The van der Waals surface area contributed by atoms with Crippen molar-refractivity contribution >= 4 is 6.09 Å². The molecule has 0 bridgehead atoms. The summed E-state index contributed by atoms with van der Waals surface area (Å²) in [5.41, 5.74) is 6.72. The van der Waals surface area contributed by atoms with Gasteiger partial charge in [-0.3, -0.25) is 4.90 Å². The molecule has 0 spiro atoms. The van der Waals surface area contributed by atoms with Crippen molar-refractivity contribution in [2.75, 3.05) is 32.7 Å². The number of ether oxygens (including phenoxy) is 1. The van der Waals surface area contributed by atoms with Gasteiger partial charge >= 0.3 is 6.09 Å². The van der Waals surface area contributed by atoms with Crippen LogP contribution in [0.3, 0.4) is 0 Å². The Morgan fingerprint density at radius 1 is 1.35 bits per heavy atom. The van der Waals surface area contributed by atoms with E-state index in [1.807, 2.05) is 42.2 Å². The molecular weight excluding hydrogens is 290 g/mol. The maximum atomic E-state index is 12.3. The number of nitrogens with zero attached hydrogens (tertiary/aromatic N) is 2. The maximum absolute atomic E-state index is 12.3. The van der Waals surface area contributed by atoms with Gasteiger partial charge in [-0.15, -0.1) is 0 Å². The van der Waals surface area contributed by atoms with E-state index in [1.165, 1.54) is 12.8 Å². The summed E-state index contributed by atoms with van der Waals surface area (Å²) in [6, 6.07) is 10.2. The summed E-state index contributed by atoms with van der Waals surface area (Å²) in [5.74, 6) is 0. The normalized spacial score (nSPS) is 18.6. The molecule has 1 aromatic carbocycles. The summed E-state index contributed by atoms with van der Waals surface area (Å²) in [5, 5.41) is 0. The Morgan fingerprint density at radius 3 is 2.83 bits per heavy atom. The summed E-state index contributed by atoms with van der Waals surface area (Å²) in [7, 11) is 0. The molecule has 1 atom stereocenters. The molecule has 0 radical (unpaired) electrons. The lowest BCUT2D eigenvalue weighted by molar-refractivity contribution is 0.0719. The molecule has 1 heterocycles. The maximum Gasteiger partial charge on any atom is 0.410 e. The average molecular weight is 319 g/mol. The number of carbonyl (C=O) groups excluding carboxylic acids is 1. The highest BCUT2D eigenvalue weighted by Crippen LogP contribution is 2.18. The molecule has 1 saturated heterocycles. The molecule has 0 aliphatic carbocycles. The van der Waals surface area contributed by atoms with Gasteiger partial charge in [-0.2, -0.15) is 0 Å². The van der Waals surface area contributed by atoms with E-state index in [-0.39, 0.29) is 6.09 Å². The minimum absolute atomic E-state index is 0.227. The van der Waals surface area contributed by atoms with Crippen molar-refractivity contribution in [2.45, 2.75) is 38.8 Å². The molecule has 1 aliphatic rings. The third kappa shape index (κ3) is 5.52. The van der Waals surface area contributed by atoms with E-state index < -0.39 is 0 Å².